The Balaban J connectivity index is 1.66. The standard InChI is InChI=1S/C21H18O5/c1-12-8-15-16(9-13(12)2)26-21(20(23)19(15)22)17-11-24-18(25-17)10-14-6-4-3-5-7-14/h3-9,11,18,23H,10H2,1-2H3. The van der Waals surface area contributed by atoms with Crippen molar-refractivity contribution in [2.45, 2.75) is 26.6 Å². The summed E-state index contributed by atoms with van der Waals surface area (Å²) in [6, 6.07) is 13.3. The number of hydrogen-bond acceptors (Lipinski definition) is 5. The average molecular weight is 350 g/mol. The maximum absolute atomic E-state index is 12.5. The Hall–Kier alpha value is -3.21. The van der Waals surface area contributed by atoms with Gasteiger partial charge < -0.3 is 19.0 Å². The van der Waals surface area contributed by atoms with Crippen molar-refractivity contribution in [3.63, 3.8) is 0 Å². The molecule has 1 aliphatic heterocycles. The van der Waals surface area contributed by atoms with E-state index in [0.717, 1.165) is 16.7 Å². The fourth-order valence-corrected chi connectivity index (χ4v) is 2.95. The summed E-state index contributed by atoms with van der Waals surface area (Å²) in [6.45, 7) is 3.84. The van der Waals surface area contributed by atoms with E-state index >= 15 is 0 Å². The van der Waals surface area contributed by atoms with Gasteiger partial charge in [-0.1, -0.05) is 30.3 Å². The molecule has 26 heavy (non-hydrogen) atoms. The van der Waals surface area contributed by atoms with Crippen LogP contribution in [0.15, 0.2) is 57.9 Å². The normalized spacial score (nSPS) is 16.2. The summed E-state index contributed by atoms with van der Waals surface area (Å²) < 4.78 is 17.0. The molecular weight excluding hydrogens is 332 g/mol. The van der Waals surface area contributed by atoms with Crippen LogP contribution in [0.3, 0.4) is 0 Å². The number of ether oxygens (including phenoxy) is 2. The molecule has 3 aromatic rings. The van der Waals surface area contributed by atoms with E-state index in [9.17, 15) is 9.90 Å². The van der Waals surface area contributed by atoms with Crippen molar-refractivity contribution in [2.75, 3.05) is 0 Å². The van der Waals surface area contributed by atoms with Gasteiger partial charge in [0.2, 0.25) is 29.0 Å². The van der Waals surface area contributed by atoms with Crippen molar-refractivity contribution in [3.8, 4) is 5.75 Å². The molecule has 2 aromatic carbocycles. The molecule has 0 amide bonds. The molecule has 0 fully saturated rings. The number of aryl methyl sites for hydroxylation is 2. The first-order valence-electron chi connectivity index (χ1n) is 8.36. The van der Waals surface area contributed by atoms with Crippen LogP contribution in [0, 0.1) is 13.8 Å². The lowest BCUT2D eigenvalue weighted by Gasteiger charge is -2.12. The second kappa shape index (κ2) is 6.26. The third-order valence-corrected chi connectivity index (χ3v) is 4.54. The monoisotopic (exact) mass is 350 g/mol. The van der Waals surface area contributed by atoms with E-state index in [1.165, 1.54) is 6.26 Å². The van der Waals surface area contributed by atoms with E-state index in [2.05, 4.69) is 0 Å². The number of rotatable bonds is 3. The van der Waals surface area contributed by atoms with Crippen LogP contribution in [0.2, 0.25) is 0 Å². The summed E-state index contributed by atoms with van der Waals surface area (Å²) in [5, 5.41) is 10.7. The van der Waals surface area contributed by atoms with Gasteiger partial charge in [0, 0.05) is 6.42 Å². The highest BCUT2D eigenvalue weighted by Gasteiger charge is 2.27. The van der Waals surface area contributed by atoms with Gasteiger partial charge in [0.25, 0.3) is 0 Å². The maximum Gasteiger partial charge on any atom is 0.244 e. The second-order valence-electron chi connectivity index (χ2n) is 6.40. The first-order valence-corrected chi connectivity index (χ1v) is 8.36. The molecule has 1 atom stereocenters. The summed E-state index contributed by atoms with van der Waals surface area (Å²) in [6.07, 6.45) is 1.38. The maximum atomic E-state index is 12.5. The molecule has 132 valence electrons. The molecule has 4 rings (SSSR count). The molecular formula is C21H18O5. The lowest BCUT2D eigenvalue weighted by atomic mass is 10.1. The van der Waals surface area contributed by atoms with Gasteiger partial charge in [-0.05, 0) is 42.7 Å². The number of aromatic hydroxyl groups is 1. The predicted octanol–water partition coefficient (Wildman–Crippen LogP) is 4.03. The molecule has 5 nitrogen and oxygen atoms in total. The highest BCUT2D eigenvalue weighted by atomic mass is 16.7. The van der Waals surface area contributed by atoms with Gasteiger partial charge in [0.05, 0.1) is 5.39 Å². The summed E-state index contributed by atoms with van der Waals surface area (Å²) in [5.41, 5.74) is 2.93. The van der Waals surface area contributed by atoms with Crippen LogP contribution < -0.4 is 5.43 Å². The lowest BCUT2D eigenvalue weighted by molar-refractivity contribution is -0.0145. The Bertz CT molecular complexity index is 1060. The molecule has 1 aromatic heterocycles. The van der Waals surface area contributed by atoms with Gasteiger partial charge in [0.1, 0.15) is 11.8 Å². The second-order valence-corrected chi connectivity index (χ2v) is 6.40. The molecule has 0 aliphatic carbocycles. The van der Waals surface area contributed by atoms with Crippen LogP contribution in [-0.2, 0) is 15.9 Å². The zero-order valence-electron chi connectivity index (χ0n) is 14.5. The zero-order chi connectivity index (χ0) is 18.3. The Kier molecular flexibility index (Phi) is 3.92. The van der Waals surface area contributed by atoms with Crippen molar-refractivity contribution in [1.29, 1.82) is 0 Å². The van der Waals surface area contributed by atoms with Crippen LogP contribution in [-0.4, -0.2) is 11.4 Å². The van der Waals surface area contributed by atoms with Crippen LogP contribution in [0.25, 0.3) is 16.7 Å². The van der Waals surface area contributed by atoms with Crippen LogP contribution >= 0.6 is 0 Å². The summed E-state index contributed by atoms with van der Waals surface area (Å²) in [7, 11) is 0. The molecule has 0 spiro atoms. The Morgan fingerprint density at radius 1 is 1.08 bits per heavy atom. The van der Waals surface area contributed by atoms with Crippen molar-refractivity contribution in [1.82, 2.24) is 0 Å². The van der Waals surface area contributed by atoms with Gasteiger partial charge in [-0.2, -0.15) is 0 Å². The van der Waals surface area contributed by atoms with E-state index in [-0.39, 0.29) is 11.5 Å². The van der Waals surface area contributed by atoms with Gasteiger partial charge in [-0.25, -0.2) is 0 Å². The van der Waals surface area contributed by atoms with Crippen LogP contribution in [0.4, 0.5) is 0 Å². The fraction of sp³-hybridized carbons (Fsp3) is 0.190. The molecule has 2 heterocycles. The number of fused-ring (bicyclic) bond motifs is 1. The van der Waals surface area contributed by atoms with Crippen molar-refractivity contribution >= 4 is 16.7 Å². The lowest BCUT2D eigenvalue weighted by Crippen LogP contribution is -2.12. The van der Waals surface area contributed by atoms with E-state index in [0.29, 0.717) is 17.4 Å². The van der Waals surface area contributed by atoms with Crippen LogP contribution in [0.1, 0.15) is 22.5 Å². The van der Waals surface area contributed by atoms with E-state index in [1.807, 2.05) is 44.2 Å². The highest BCUT2D eigenvalue weighted by molar-refractivity contribution is 5.81. The minimum absolute atomic E-state index is 0.0127. The molecule has 1 N–H and O–H groups in total. The minimum Gasteiger partial charge on any atom is -0.501 e. The van der Waals surface area contributed by atoms with Gasteiger partial charge in [0.15, 0.2) is 0 Å². The summed E-state index contributed by atoms with van der Waals surface area (Å²) >= 11 is 0. The quantitative estimate of drug-likeness (QED) is 0.772. The SMILES string of the molecule is Cc1cc2oc(C3=COC(Cc4ccccc4)O3)c(O)c(=O)c2cc1C. The zero-order valence-corrected chi connectivity index (χ0v) is 14.5. The Labute approximate surface area is 150 Å². The summed E-state index contributed by atoms with van der Waals surface area (Å²) in [5.74, 6) is -0.280. The van der Waals surface area contributed by atoms with Crippen LogP contribution in [0.5, 0.6) is 5.75 Å². The molecule has 1 unspecified atom stereocenters. The number of hydrogen-bond donors (Lipinski definition) is 1. The van der Waals surface area contributed by atoms with Gasteiger partial charge in [-0.15, -0.1) is 0 Å². The Morgan fingerprint density at radius 2 is 1.81 bits per heavy atom. The van der Waals surface area contributed by atoms with Crippen molar-refractivity contribution in [2.24, 2.45) is 0 Å². The summed E-state index contributed by atoms with van der Waals surface area (Å²) in [4.78, 5) is 12.5. The van der Waals surface area contributed by atoms with Gasteiger partial charge >= 0.3 is 0 Å². The fourth-order valence-electron chi connectivity index (χ4n) is 2.95. The first kappa shape index (κ1) is 16.3. The molecule has 0 saturated carbocycles. The van der Waals surface area contributed by atoms with Crippen molar-refractivity contribution in [3.05, 3.63) is 81.4 Å². The van der Waals surface area contributed by atoms with Crippen molar-refractivity contribution < 1.29 is 19.0 Å². The largest absolute Gasteiger partial charge is 0.501 e. The predicted molar refractivity (Wildman–Crippen MR) is 97.7 cm³/mol. The van der Waals surface area contributed by atoms with Gasteiger partial charge in [-0.3, -0.25) is 4.79 Å². The average Bonchev–Trinajstić information content (AvgIpc) is 3.09. The third-order valence-electron chi connectivity index (χ3n) is 4.54. The molecule has 5 heteroatoms. The molecule has 0 radical (unpaired) electrons. The Morgan fingerprint density at radius 3 is 2.58 bits per heavy atom. The minimum atomic E-state index is -0.535. The third kappa shape index (κ3) is 2.81. The topological polar surface area (TPSA) is 68.9 Å². The highest BCUT2D eigenvalue weighted by Crippen LogP contribution is 2.33. The van der Waals surface area contributed by atoms with E-state index < -0.39 is 17.5 Å². The van der Waals surface area contributed by atoms with E-state index in [1.54, 1.807) is 12.1 Å². The molecule has 0 saturated heterocycles. The first-order chi connectivity index (χ1) is 12.5. The molecule has 0 bridgehead atoms. The smallest absolute Gasteiger partial charge is 0.244 e. The van der Waals surface area contributed by atoms with E-state index in [4.69, 9.17) is 13.9 Å². The molecule has 1 aliphatic rings. The number of benzene rings is 2.